The van der Waals surface area contributed by atoms with Crippen molar-refractivity contribution in [2.24, 2.45) is 5.92 Å². The molecule has 1 saturated carbocycles. The van der Waals surface area contributed by atoms with Crippen LogP contribution in [0.1, 0.15) is 25.7 Å². The Morgan fingerprint density at radius 3 is 3.00 bits per heavy atom. The lowest BCUT2D eigenvalue weighted by Gasteiger charge is -2.25. The van der Waals surface area contributed by atoms with Crippen molar-refractivity contribution in [1.82, 2.24) is 14.9 Å². The molecule has 6 heteroatoms. The van der Waals surface area contributed by atoms with Crippen molar-refractivity contribution in [3.63, 3.8) is 0 Å². The zero-order valence-corrected chi connectivity index (χ0v) is 12.9. The zero-order chi connectivity index (χ0) is 16.2. The number of fused-ring (bicyclic) bond motifs is 1. The first-order valence-electron chi connectivity index (χ1n) is 8.03. The van der Waals surface area contributed by atoms with Crippen molar-refractivity contribution in [1.29, 1.82) is 0 Å². The summed E-state index contributed by atoms with van der Waals surface area (Å²) in [6.07, 6.45) is 4.59. The number of amides is 1. The number of nitrogens with one attached hydrogen (secondary N) is 1. The standard InChI is InChI=1S/C17H21N3O3/c21-13-5-3-4-12(8-13)9-19-16(22)11-20-15-7-2-1-6-14(15)18-10-17(20)23/h1-2,6-7,10,12-13,21H,3-5,8-9,11H2,(H,19,22). The van der Waals surface area contributed by atoms with Crippen LogP contribution in [-0.4, -0.2) is 33.2 Å². The van der Waals surface area contributed by atoms with Crippen LogP contribution in [0.15, 0.2) is 35.3 Å². The number of carbonyl (C=O) groups is 1. The fourth-order valence-electron chi connectivity index (χ4n) is 3.18. The van der Waals surface area contributed by atoms with Gasteiger partial charge in [-0.3, -0.25) is 14.2 Å². The van der Waals surface area contributed by atoms with E-state index in [1.807, 2.05) is 18.2 Å². The van der Waals surface area contributed by atoms with Gasteiger partial charge in [0.1, 0.15) is 6.54 Å². The molecule has 1 heterocycles. The zero-order valence-electron chi connectivity index (χ0n) is 12.9. The van der Waals surface area contributed by atoms with Gasteiger partial charge in [0, 0.05) is 6.54 Å². The Labute approximate surface area is 134 Å². The molecule has 0 saturated heterocycles. The van der Waals surface area contributed by atoms with Crippen molar-refractivity contribution in [2.45, 2.75) is 38.3 Å². The van der Waals surface area contributed by atoms with Crippen molar-refractivity contribution >= 4 is 16.9 Å². The van der Waals surface area contributed by atoms with Gasteiger partial charge in [0.2, 0.25) is 5.91 Å². The van der Waals surface area contributed by atoms with Gasteiger partial charge in [-0.2, -0.15) is 0 Å². The average Bonchev–Trinajstić information content (AvgIpc) is 2.56. The van der Waals surface area contributed by atoms with Crippen LogP contribution in [0, 0.1) is 5.92 Å². The number of hydrogen-bond donors (Lipinski definition) is 2. The molecule has 2 unspecified atom stereocenters. The van der Waals surface area contributed by atoms with E-state index in [9.17, 15) is 14.7 Å². The highest BCUT2D eigenvalue weighted by atomic mass is 16.3. The summed E-state index contributed by atoms with van der Waals surface area (Å²) in [5.41, 5.74) is 1.06. The number of benzene rings is 1. The average molecular weight is 315 g/mol. The number of carbonyl (C=O) groups excluding carboxylic acids is 1. The van der Waals surface area contributed by atoms with Crippen LogP contribution in [0.2, 0.25) is 0 Å². The second kappa shape index (κ2) is 6.91. The molecule has 1 aliphatic carbocycles. The molecule has 122 valence electrons. The first kappa shape index (κ1) is 15.7. The molecule has 0 radical (unpaired) electrons. The van der Waals surface area contributed by atoms with Gasteiger partial charge in [-0.1, -0.05) is 18.6 Å². The molecule has 1 aliphatic rings. The predicted octanol–water partition coefficient (Wildman–Crippen LogP) is 1.06. The van der Waals surface area contributed by atoms with Crippen molar-refractivity contribution < 1.29 is 9.90 Å². The molecule has 0 aliphatic heterocycles. The highest BCUT2D eigenvalue weighted by molar-refractivity contribution is 5.79. The van der Waals surface area contributed by atoms with Crippen LogP contribution in [0.4, 0.5) is 0 Å². The first-order valence-corrected chi connectivity index (χ1v) is 8.03. The van der Waals surface area contributed by atoms with Gasteiger partial charge in [0.05, 0.1) is 23.3 Å². The van der Waals surface area contributed by atoms with Crippen LogP contribution in [0.3, 0.4) is 0 Å². The smallest absolute Gasteiger partial charge is 0.269 e. The van der Waals surface area contributed by atoms with Gasteiger partial charge in [0.25, 0.3) is 5.56 Å². The lowest BCUT2D eigenvalue weighted by molar-refractivity contribution is -0.122. The molecule has 0 spiro atoms. The van der Waals surface area contributed by atoms with Crippen molar-refractivity contribution in [3.05, 3.63) is 40.8 Å². The lowest BCUT2D eigenvalue weighted by Crippen LogP contribution is -2.36. The third-order valence-electron chi connectivity index (χ3n) is 4.40. The van der Waals surface area contributed by atoms with E-state index < -0.39 is 0 Å². The Bertz CT molecular complexity index is 756. The second-order valence-corrected chi connectivity index (χ2v) is 6.16. The molecule has 2 N–H and O–H groups in total. The van der Waals surface area contributed by atoms with Gasteiger partial charge >= 0.3 is 0 Å². The van der Waals surface area contributed by atoms with Gasteiger partial charge in [-0.25, -0.2) is 4.98 Å². The highest BCUT2D eigenvalue weighted by Crippen LogP contribution is 2.23. The molecular weight excluding hydrogens is 294 g/mol. The molecule has 6 nitrogen and oxygen atoms in total. The third kappa shape index (κ3) is 3.76. The van der Waals surface area contributed by atoms with Crippen molar-refractivity contribution in [3.8, 4) is 0 Å². The van der Waals surface area contributed by atoms with Gasteiger partial charge in [0.15, 0.2) is 0 Å². The number of aromatic nitrogens is 2. The molecule has 1 aromatic heterocycles. The summed E-state index contributed by atoms with van der Waals surface area (Å²) in [7, 11) is 0. The van der Waals surface area contributed by atoms with E-state index in [0.29, 0.717) is 23.5 Å². The van der Waals surface area contributed by atoms with E-state index in [1.54, 1.807) is 6.07 Å². The summed E-state index contributed by atoms with van der Waals surface area (Å²) in [4.78, 5) is 28.3. The topological polar surface area (TPSA) is 84.2 Å². The van der Waals surface area contributed by atoms with Crippen LogP contribution in [0.5, 0.6) is 0 Å². The summed E-state index contributed by atoms with van der Waals surface area (Å²) in [6.45, 7) is 0.533. The number of hydrogen-bond acceptors (Lipinski definition) is 4. The Morgan fingerprint density at radius 2 is 2.17 bits per heavy atom. The number of para-hydroxylation sites is 2. The molecular formula is C17H21N3O3. The highest BCUT2D eigenvalue weighted by Gasteiger charge is 2.20. The maximum atomic E-state index is 12.2. The Kier molecular flexibility index (Phi) is 4.71. The van der Waals surface area contributed by atoms with E-state index in [2.05, 4.69) is 10.3 Å². The molecule has 1 amide bonds. The van der Waals surface area contributed by atoms with Crippen molar-refractivity contribution in [2.75, 3.05) is 6.54 Å². The van der Waals surface area contributed by atoms with E-state index >= 15 is 0 Å². The molecule has 3 rings (SSSR count). The first-order chi connectivity index (χ1) is 11.1. The quantitative estimate of drug-likeness (QED) is 0.884. The summed E-state index contributed by atoms with van der Waals surface area (Å²) >= 11 is 0. The maximum Gasteiger partial charge on any atom is 0.269 e. The molecule has 1 fully saturated rings. The van der Waals surface area contributed by atoms with E-state index in [4.69, 9.17) is 0 Å². The largest absolute Gasteiger partial charge is 0.393 e. The molecule has 2 aromatic rings. The molecule has 2 atom stereocenters. The molecule has 1 aromatic carbocycles. The van der Waals surface area contributed by atoms with Crippen LogP contribution in [0.25, 0.3) is 11.0 Å². The maximum absolute atomic E-state index is 12.2. The minimum absolute atomic E-state index is 0.0167. The summed E-state index contributed by atoms with van der Waals surface area (Å²) in [5.74, 6) is 0.122. The van der Waals surface area contributed by atoms with Crippen LogP contribution >= 0.6 is 0 Å². The predicted molar refractivity (Wildman–Crippen MR) is 87.0 cm³/mol. The molecule has 23 heavy (non-hydrogen) atoms. The van der Waals surface area contributed by atoms with Crippen LogP contribution in [-0.2, 0) is 11.3 Å². The monoisotopic (exact) mass is 315 g/mol. The number of aliphatic hydroxyl groups is 1. The fourth-order valence-corrected chi connectivity index (χ4v) is 3.18. The summed E-state index contributed by atoms with van der Waals surface area (Å²) in [5, 5.41) is 12.6. The van der Waals surface area contributed by atoms with Crippen LogP contribution < -0.4 is 10.9 Å². The van der Waals surface area contributed by atoms with Gasteiger partial charge in [-0.15, -0.1) is 0 Å². The third-order valence-corrected chi connectivity index (χ3v) is 4.40. The Balaban J connectivity index is 1.66. The second-order valence-electron chi connectivity index (χ2n) is 6.16. The number of aliphatic hydroxyl groups excluding tert-OH is 1. The normalized spacial score (nSPS) is 21.3. The van der Waals surface area contributed by atoms with E-state index in [1.165, 1.54) is 10.8 Å². The van der Waals surface area contributed by atoms with Gasteiger partial charge in [-0.05, 0) is 37.3 Å². The van der Waals surface area contributed by atoms with E-state index in [0.717, 1.165) is 25.7 Å². The lowest BCUT2D eigenvalue weighted by atomic mass is 9.87. The number of rotatable bonds is 4. The summed E-state index contributed by atoms with van der Waals surface area (Å²) in [6, 6.07) is 7.26. The Morgan fingerprint density at radius 1 is 1.35 bits per heavy atom. The summed E-state index contributed by atoms with van der Waals surface area (Å²) < 4.78 is 1.44. The number of nitrogens with zero attached hydrogens (tertiary/aromatic N) is 2. The minimum Gasteiger partial charge on any atom is -0.393 e. The molecule has 0 bridgehead atoms. The SMILES string of the molecule is O=C(Cn1c(=O)cnc2ccccc21)NCC1CCCC(O)C1. The van der Waals surface area contributed by atoms with Gasteiger partial charge < -0.3 is 10.4 Å². The Hall–Kier alpha value is -2.21. The van der Waals surface area contributed by atoms with E-state index in [-0.39, 0.29) is 24.1 Å². The fraction of sp³-hybridized carbons (Fsp3) is 0.471. The minimum atomic E-state index is -0.285.